The first kappa shape index (κ1) is 12.8. The van der Waals surface area contributed by atoms with Gasteiger partial charge in [-0.15, -0.1) is 0 Å². The van der Waals surface area contributed by atoms with Crippen molar-refractivity contribution in [3.8, 4) is 0 Å². The highest BCUT2D eigenvalue weighted by Crippen LogP contribution is 2.15. The van der Waals surface area contributed by atoms with Crippen LogP contribution in [0.3, 0.4) is 0 Å². The van der Waals surface area contributed by atoms with Crippen molar-refractivity contribution in [3.05, 3.63) is 70.2 Å². The second kappa shape index (κ2) is 5.83. The quantitative estimate of drug-likeness (QED) is 0.737. The summed E-state index contributed by atoms with van der Waals surface area (Å²) in [5.74, 6) is 0.0368. The fourth-order valence-electron chi connectivity index (χ4n) is 1.88. The van der Waals surface area contributed by atoms with Crippen molar-refractivity contribution in [2.75, 3.05) is 0 Å². The lowest BCUT2D eigenvalue weighted by molar-refractivity contribution is 0.103. The Bertz CT molecular complexity index is 526. The second-order valence-electron chi connectivity index (χ2n) is 4.28. The molecule has 18 heavy (non-hydrogen) atoms. The summed E-state index contributed by atoms with van der Waals surface area (Å²) in [4.78, 5) is 12.2. The van der Waals surface area contributed by atoms with Crippen LogP contribution >= 0.6 is 11.6 Å². The van der Waals surface area contributed by atoms with E-state index in [1.54, 1.807) is 24.3 Å². The van der Waals surface area contributed by atoms with E-state index in [0.29, 0.717) is 10.6 Å². The minimum absolute atomic E-state index is 0.0368. The fourth-order valence-corrected chi connectivity index (χ4v) is 2.01. The first-order valence-corrected chi connectivity index (χ1v) is 6.47. The Labute approximate surface area is 112 Å². The van der Waals surface area contributed by atoms with E-state index in [4.69, 9.17) is 11.6 Å². The van der Waals surface area contributed by atoms with Gasteiger partial charge in [-0.25, -0.2) is 0 Å². The Morgan fingerprint density at radius 3 is 1.94 bits per heavy atom. The molecule has 0 saturated carbocycles. The highest BCUT2D eigenvalue weighted by Gasteiger charge is 2.08. The molecule has 0 unspecified atom stereocenters. The molecule has 0 aliphatic heterocycles. The highest BCUT2D eigenvalue weighted by molar-refractivity contribution is 6.30. The van der Waals surface area contributed by atoms with Crippen LogP contribution in [0.25, 0.3) is 0 Å². The number of aryl methyl sites for hydroxylation is 1. The van der Waals surface area contributed by atoms with E-state index < -0.39 is 0 Å². The van der Waals surface area contributed by atoms with Gasteiger partial charge in [-0.1, -0.05) is 49.2 Å². The first-order valence-electron chi connectivity index (χ1n) is 6.10. The van der Waals surface area contributed by atoms with Gasteiger partial charge in [0.05, 0.1) is 0 Å². The van der Waals surface area contributed by atoms with Crippen molar-refractivity contribution in [1.82, 2.24) is 0 Å². The standard InChI is InChI=1S/C16H15ClO/c1-2-3-12-4-6-13(7-5-12)16(18)14-8-10-15(17)11-9-14/h4-11H,2-3H2,1H3. The largest absolute Gasteiger partial charge is 0.289 e. The number of rotatable bonds is 4. The lowest BCUT2D eigenvalue weighted by Gasteiger charge is -2.03. The Kier molecular flexibility index (Phi) is 4.16. The van der Waals surface area contributed by atoms with Gasteiger partial charge >= 0.3 is 0 Å². The minimum atomic E-state index is 0.0368. The number of halogens is 1. The molecule has 0 bridgehead atoms. The lowest BCUT2D eigenvalue weighted by atomic mass is 10.0. The molecule has 0 atom stereocenters. The van der Waals surface area contributed by atoms with Gasteiger partial charge in [0.15, 0.2) is 5.78 Å². The van der Waals surface area contributed by atoms with Crippen LogP contribution in [0.2, 0.25) is 5.02 Å². The number of benzene rings is 2. The number of ketones is 1. The maximum atomic E-state index is 12.2. The Balaban J connectivity index is 2.20. The Morgan fingerprint density at radius 1 is 0.944 bits per heavy atom. The maximum Gasteiger partial charge on any atom is 0.193 e. The minimum Gasteiger partial charge on any atom is -0.289 e. The van der Waals surface area contributed by atoms with Crippen LogP contribution in [-0.2, 0) is 6.42 Å². The van der Waals surface area contributed by atoms with Crippen molar-refractivity contribution >= 4 is 17.4 Å². The van der Waals surface area contributed by atoms with E-state index in [-0.39, 0.29) is 5.78 Å². The SMILES string of the molecule is CCCc1ccc(C(=O)c2ccc(Cl)cc2)cc1. The molecule has 2 heteroatoms. The average Bonchev–Trinajstić information content (AvgIpc) is 2.40. The van der Waals surface area contributed by atoms with Crippen molar-refractivity contribution < 1.29 is 4.79 Å². The Hall–Kier alpha value is -1.60. The first-order chi connectivity index (χ1) is 8.70. The molecule has 0 radical (unpaired) electrons. The average molecular weight is 259 g/mol. The summed E-state index contributed by atoms with van der Waals surface area (Å²) in [6.45, 7) is 2.15. The molecule has 0 fully saturated rings. The lowest BCUT2D eigenvalue weighted by Crippen LogP contribution is -2.01. The van der Waals surface area contributed by atoms with E-state index in [9.17, 15) is 4.79 Å². The topological polar surface area (TPSA) is 17.1 Å². The van der Waals surface area contributed by atoms with Crippen molar-refractivity contribution in [2.45, 2.75) is 19.8 Å². The summed E-state index contributed by atoms with van der Waals surface area (Å²) in [5, 5.41) is 0.643. The summed E-state index contributed by atoms with van der Waals surface area (Å²) in [6, 6.07) is 14.8. The van der Waals surface area contributed by atoms with Crippen molar-refractivity contribution in [2.24, 2.45) is 0 Å². The zero-order chi connectivity index (χ0) is 13.0. The second-order valence-corrected chi connectivity index (χ2v) is 4.72. The Morgan fingerprint density at radius 2 is 1.44 bits per heavy atom. The summed E-state index contributed by atoms with van der Waals surface area (Å²) in [6.07, 6.45) is 2.17. The van der Waals surface area contributed by atoms with Crippen LogP contribution in [0.1, 0.15) is 34.8 Å². The summed E-state index contributed by atoms with van der Waals surface area (Å²) in [7, 11) is 0. The molecule has 0 N–H and O–H groups in total. The third-order valence-corrected chi connectivity index (χ3v) is 3.11. The number of carbonyl (C=O) groups is 1. The molecule has 2 rings (SSSR count). The molecular weight excluding hydrogens is 244 g/mol. The van der Waals surface area contributed by atoms with Gasteiger partial charge in [-0.2, -0.15) is 0 Å². The third kappa shape index (κ3) is 2.99. The molecular formula is C16H15ClO. The van der Waals surface area contributed by atoms with E-state index >= 15 is 0 Å². The molecule has 92 valence electrons. The molecule has 0 amide bonds. The van der Waals surface area contributed by atoms with Gasteiger partial charge in [0.2, 0.25) is 0 Å². The molecule has 0 spiro atoms. The normalized spacial score (nSPS) is 10.3. The number of hydrogen-bond donors (Lipinski definition) is 0. The molecule has 0 aromatic heterocycles. The zero-order valence-corrected chi connectivity index (χ0v) is 11.1. The predicted molar refractivity (Wildman–Crippen MR) is 75.3 cm³/mol. The summed E-state index contributed by atoms with van der Waals surface area (Å²) in [5.41, 5.74) is 2.66. The van der Waals surface area contributed by atoms with Gasteiger partial charge < -0.3 is 0 Å². The highest BCUT2D eigenvalue weighted by atomic mass is 35.5. The number of hydrogen-bond acceptors (Lipinski definition) is 1. The smallest absolute Gasteiger partial charge is 0.193 e. The van der Waals surface area contributed by atoms with E-state index in [0.717, 1.165) is 18.4 Å². The third-order valence-electron chi connectivity index (χ3n) is 2.86. The zero-order valence-electron chi connectivity index (χ0n) is 10.3. The monoisotopic (exact) mass is 258 g/mol. The molecule has 2 aromatic carbocycles. The maximum absolute atomic E-state index is 12.2. The summed E-state index contributed by atoms with van der Waals surface area (Å²) >= 11 is 5.81. The van der Waals surface area contributed by atoms with E-state index in [1.807, 2.05) is 24.3 Å². The fraction of sp³-hybridized carbons (Fsp3) is 0.188. The molecule has 0 aliphatic carbocycles. The van der Waals surface area contributed by atoms with Crippen LogP contribution in [-0.4, -0.2) is 5.78 Å². The van der Waals surface area contributed by atoms with Crippen LogP contribution in [0, 0.1) is 0 Å². The van der Waals surface area contributed by atoms with E-state index in [1.165, 1.54) is 5.56 Å². The summed E-state index contributed by atoms with van der Waals surface area (Å²) < 4.78 is 0. The van der Waals surface area contributed by atoms with Gasteiger partial charge in [0.1, 0.15) is 0 Å². The molecule has 0 aliphatic rings. The molecule has 0 saturated heterocycles. The van der Waals surface area contributed by atoms with Crippen LogP contribution < -0.4 is 0 Å². The molecule has 0 heterocycles. The molecule has 2 aromatic rings. The van der Waals surface area contributed by atoms with Gasteiger partial charge in [0.25, 0.3) is 0 Å². The van der Waals surface area contributed by atoms with Gasteiger partial charge in [0, 0.05) is 16.1 Å². The van der Waals surface area contributed by atoms with Gasteiger partial charge in [-0.05, 0) is 36.2 Å². The number of carbonyl (C=O) groups excluding carboxylic acids is 1. The van der Waals surface area contributed by atoms with E-state index in [2.05, 4.69) is 6.92 Å². The molecule has 1 nitrogen and oxygen atoms in total. The predicted octanol–water partition coefficient (Wildman–Crippen LogP) is 4.52. The van der Waals surface area contributed by atoms with Crippen molar-refractivity contribution in [3.63, 3.8) is 0 Å². The van der Waals surface area contributed by atoms with Crippen LogP contribution in [0.4, 0.5) is 0 Å². The van der Waals surface area contributed by atoms with Crippen molar-refractivity contribution in [1.29, 1.82) is 0 Å². The van der Waals surface area contributed by atoms with Gasteiger partial charge in [-0.3, -0.25) is 4.79 Å². The van der Waals surface area contributed by atoms with Crippen LogP contribution in [0.5, 0.6) is 0 Å². The van der Waals surface area contributed by atoms with Crippen LogP contribution in [0.15, 0.2) is 48.5 Å².